The van der Waals surface area contributed by atoms with Gasteiger partial charge in [0.15, 0.2) is 5.78 Å². The van der Waals surface area contributed by atoms with Gasteiger partial charge in [-0.25, -0.2) is 0 Å². The maximum atomic E-state index is 12.2. The van der Waals surface area contributed by atoms with E-state index in [9.17, 15) is 9.59 Å². The fourth-order valence-corrected chi connectivity index (χ4v) is 2.25. The molecule has 0 atom stereocenters. The number of amides is 1. The zero-order valence-corrected chi connectivity index (χ0v) is 12.2. The minimum Gasteiger partial charge on any atom is -0.367 e. The number of anilines is 1. The number of ketones is 1. The zero-order valence-electron chi connectivity index (χ0n) is 12.2. The average Bonchev–Trinajstić information content (AvgIpc) is 2.93. The van der Waals surface area contributed by atoms with Crippen molar-refractivity contribution in [2.45, 2.75) is 27.2 Å². The van der Waals surface area contributed by atoms with Crippen molar-refractivity contribution in [3.63, 3.8) is 0 Å². The monoisotopic (exact) mass is 290 g/mol. The number of H-pyrrole nitrogens is 2. The lowest BCUT2D eigenvalue weighted by atomic mass is 10.1. The third kappa shape index (κ3) is 3.10. The summed E-state index contributed by atoms with van der Waals surface area (Å²) in [5.41, 5.74) is 7.73. The van der Waals surface area contributed by atoms with Crippen molar-refractivity contribution in [2.24, 2.45) is 0 Å². The highest BCUT2D eigenvalue weighted by atomic mass is 16.1. The quantitative estimate of drug-likeness (QED) is 0.596. The molecule has 8 heteroatoms. The van der Waals surface area contributed by atoms with Crippen LogP contribution in [0.5, 0.6) is 0 Å². The van der Waals surface area contributed by atoms with Gasteiger partial charge in [-0.15, -0.1) is 5.10 Å². The van der Waals surface area contributed by atoms with Gasteiger partial charge >= 0.3 is 0 Å². The summed E-state index contributed by atoms with van der Waals surface area (Å²) in [6.45, 7) is 5.39. The Kier molecular flexibility index (Phi) is 4.06. The zero-order chi connectivity index (χ0) is 15.6. The second-order valence-electron chi connectivity index (χ2n) is 4.83. The number of carbonyl (C=O) groups is 2. The number of nitrogens with zero attached hydrogens (tertiary/aromatic N) is 2. The summed E-state index contributed by atoms with van der Waals surface area (Å²) in [6, 6.07) is 0. The molecule has 0 radical (unpaired) electrons. The van der Waals surface area contributed by atoms with Crippen LogP contribution in [-0.4, -0.2) is 38.4 Å². The topological polar surface area (TPSA) is 130 Å². The van der Waals surface area contributed by atoms with E-state index < -0.39 is 0 Å². The van der Waals surface area contributed by atoms with Crippen molar-refractivity contribution >= 4 is 17.6 Å². The summed E-state index contributed by atoms with van der Waals surface area (Å²) in [4.78, 5) is 30.6. The van der Waals surface area contributed by atoms with Gasteiger partial charge in [-0.05, 0) is 19.4 Å². The Morgan fingerprint density at radius 3 is 2.57 bits per heavy atom. The third-order valence-electron chi connectivity index (χ3n) is 3.21. The molecule has 2 heterocycles. The minimum absolute atomic E-state index is 0.0909. The van der Waals surface area contributed by atoms with Gasteiger partial charge in [-0.1, -0.05) is 0 Å². The second-order valence-corrected chi connectivity index (χ2v) is 4.83. The van der Waals surface area contributed by atoms with Crippen LogP contribution in [0.3, 0.4) is 0 Å². The van der Waals surface area contributed by atoms with Gasteiger partial charge in [-0.2, -0.15) is 4.98 Å². The van der Waals surface area contributed by atoms with Gasteiger partial charge in [0.1, 0.15) is 5.82 Å². The van der Waals surface area contributed by atoms with E-state index in [2.05, 4.69) is 25.5 Å². The van der Waals surface area contributed by atoms with E-state index in [1.165, 1.54) is 6.92 Å². The predicted octanol–water partition coefficient (Wildman–Crippen LogP) is 0.507. The first-order valence-electron chi connectivity index (χ1n) is 6.55. The average molecular weight is 290 g/mol. The highest BCUT2D eigenvalue weighted by Crippen LogP contribution is 2.18. The molecule has 2 rings (SSSR count). The van der Waals surface area contributed by atoms with E-state index in [-0.39, 0.29) is 17.6 Å². The SMILES string of the molecule is CC(=O)c1[nH]c(C)c(C(=O)NCCc2nc(N)n[nH]2)c1C. The number of hydrogen-bond donors (Lipinski definition) is 4. The Labute approximate surface area is 121 Å². The van der Waals surface area contributed by atoms with Crippen LogP contribution in [0.1, 0.15) is 44.9 Å². The van der Waals surface area contributed by atoms with Crippen LogP contribution in [-0.2, 0) is 6.42 Å². The lowest BCUT2D eigenvalue weighted by molar-refractivity contribution is 0.0952. The van der Waals surface area contributed by atoms with Crippen molar-refractivity contribution < 1.29 is 9.59 Å². The molecule has 1 amide bonds. The summed E-state index contributed by atoms with van der Waals surface area (Å²) < 4.78 is 0. The highest BCUT2D eigenvalue weighted by molar-refractivity contribution is 6.02. The maximum Gasteiger partial charge on any atom is 0.253 e. The number of aromatic amines is 2. The summed E-state index contributed by atoms with van der Waals surface area (Å²) in [7, 11) is 0. The molecule has 5 N–H and O–H groups in total. The van der Waals surface area contributed by atoms with E-state index >= 15 is 0 Å². The Hall–Kier alpha value is -2.64. The molecule has 8 nitrogen and oxygen atoms in total. The van der Waals surface area contributed by atoms with Crippen LogP contribution in [0.15, 0.2) is 0 Å². The van der Waals surface area contributed by atoms with E-state index in [1.54, 1.807) is 13.8 Å². The van der Waals surface area contributed by atoms with E-state index in [1.807, 2.05) is 0 Å². The van der Waals surface area contributed by atoms with Crippen molar-refractivity contribution in [3.05, 3.63) is 28.3 Å². The molecule has 0 saturated heterocycles. The number of nitrogens with one attached hydrogen (secondary N) is 3. The smallest absolute Gasteiger partial charge is 0.253 e. The Morgan fingerprint density at radius 2 is 2.05 bits per heavy atom. The summed E-state index contributed by atoms with van der Waals surface area (Å²) in [5.74, 6) is 0.479. The van der Waals surface area contributed by atoms with Gasteiger partial charge in [0.05, 0.1) is 11.3 Å². The van der Waals surface area contributed by atoms with Crippen LogP contribution in [0.4, 0.5) is 5.95 Å². The van der Waals surface area contributed by atoms with Crippen molar-refractivity contribution in [1.82, 2.24) is 25.5 Å². The first kappa shape index (κ1) is 14.8. The van der Waals surface area contributed by atoms with Crippen LogP contribution in [0, 0.1) is 13.8 Å². The van der Waals surface area contributed by atoms with Crippen LogP contribution >= 0.6 is 0 Å². The molecule has 0 fully saturated rings. The third-order valence-corrected chi connectivity index (χ3v) is 3.21. The van der Waals surface area contributed by atoms with Gasteiger partial charge in [0.2, 0.25) is 5.95 Å². The number of carbonyl (C=O) groups excluding carboxylic acids is 2. The van der Waals surface area contributed by atoms with Crippen LogP contribution in [0.25, 0.3) is 0 Å². The van der Waals surface area contributed by atoms with Crippen LogP contribution < -0.4 is 11.1 Å². The molecule has 0 aliphatic heterocycles. The van der Waals surface area contributed by atoms with Gasteiger partial charge in [0, 0.05) is 25.6 Å². The van der Waals surface area contributed by atoms with Crippen molar-refractivity contribution in [2.75, 3.05) is 12.3 Å². The Morgan fingerprint density at radius 1 is 1.33 bits per heavy atom. The molecule has 2 aromatic rings. The molecular weight excluding hydrogens is 272 g/mol. The Bertz CT molecular complexity index is 685. The lowest BCUT2D eigenvalue weighted by Crippen LogP contribution is -2.26. The van der Waals surface area contributed by atoms with Gasteiger partial charge < -0.3 is 16.0 Å². The summed E-state index contributed by atoms with van der Waals surface area (Å²) in [5, 5.41) is 9.17. The summed E-state index contributed by atoms with van der Waals surface area (Å²) >= 11 is 0. The first-order chi connectivity index (χ1) is 9.90. The lowest BCUT2D eigenvalue weighted by Gasteiger charge is -2.04. The van der Waals surface area contributed by atoms with Crippen LogP contribution in [0.2, 0.25) is 0 Å². The number of nitrogen functional groups attached to an aromatic ring is 1. The van der Waals surface area contributed by atoms with E-state index in [0.29, 0.717) is 41.3 Å². The number of hydrogen-bond acceptors (Lipinski definition) is 5. The molecule has 0 bridgehead atoms. The molecule has 0 aliphatic rings. The fraction of sp³-hybridized carbons (Fsp3) is 0.385. The number of aromatic nitrogens is 4. The normalized spacial score (nSPS) is 10.6. The maximum absolute atomic E-state index is 12.2. The largest absolute Gasteiger partial charge is 0.367 e. The molecule has 0 aliphatic carbocycles. The molecule has 0 aromatic carbocycles. The molecule has 0 saturated carbocycles. The standard InChI is InChI=1S/C13H18N6O2/c1-6-10(7(2)16-11(6)8(3)20)12(21)15-5-4-9-17-13(14)19-18-9/h16H,4-5H2,1-3H3,(H,15,21)(H3,14,17,18,19). The number of rotatable bonds is 5. The van der Waals surface area contributed by atoms with Crippen molar-refractivity contribution in [1.29, 1.82) is 0 Å². The summed E-state index contributed by atoms with van der Waals surface area (Å²) in [6.07, 6.45) is 0.498. The number of nitrogens with two attached hydrogens (primary N) is 1. The Balaban J connectivity index is 2.02. The number of Topliss-reactive ketones (excluding diaryl/α,β-unsaturated/α-hetero) is 1. The predicted molar refractivity (Wildman–Crippen MR) is 77.1 cm³/mol. The molecular formula is C13H18N6O2. The molecule has 21 heavy (non-hydrogen) atoms. The van der Waals surface area contributed by atoms with Gasteiger partial charge in [-0.3, -0.25) is 14.7 Å². The first-order valence-corrected chi connectivity index (χ1v) is 6.55. The highest BCUT2D eigenvalue weighted by Gasteiger charge is 2.19. The minimum atomic E-state index is -0.221. The fourth-order valence-electron chi connectivity index (χ4n) is 2.25. The molecule has 0 unspecified atom stereocenters. The van der Waals surface area contributed by atoms with Gasteiger partial charge in [0.25, 0.3) is 5.91 Å². The number of aryl methyl sites for hydroxylation is 1. The van der Waals surface area contributed by atoms with Crippen molar-refractivity contribution in [3.8, 4) is 0 Å². The van der Waals surface area contributed by atoms with E-state index in [0.717, 1.165) is 0 Å². The molecule has 0 spiro atoms. The van der Waals surface area contributed by atoms with E-state index in [4.69, 9.17) is 5.73 Å². The molecule has 112 valence electrons. The second kappa shape index (κ2) is 5.78. The molecule has 2 aromatic heterocycles.